The first kappa shape index (κ1) is 11.4. The maximum absolute atomic E-state index is 6.17. The summed E-state index contributed by atoms with van der Waals surface area (Å²) in [5.41, 5.74) is 7.93. The van der Waals surface area contributed by atoms with Crippen LogP contribution in [-0.4, -0.2) is 16.3 Å². The molecule has 0 fully saturated rings. The Bertz CT molecular complexity index is 528. The van der Waals surface area contributed by atoms with E-state index in [0.29, 0.717) is 11.7 Å². The topological polar surface area (TPSA) is 43.8 Å². The molecule has 3 nitrogen and oxygen atoms in total. The second-order valence-electron chi connectivity index (χ2n) is 4.70. The summed E-state index contributed by atoms with van der Waals surface area (Å²) in [6, 6.07) is 6.11. The van der Waals surface area contributed by atoms with E-state index in [1.54, 1.807) is 4.68 Å². The van der Waals surface area contributed by atoms with Crippen LogP contribution in [0.3, 0.4) is 0 Å². The number of hydrogen-bond acceptors (Lipinski definition) is 2. The zero-order valence-corrected chi connectivity index (χ0v) is 10.5. The van der Waals surface area contributed by atoms with Crippen LogP contribution in [0, 0.1) is 0 Å². The molecule has 0 aliphatic rings. The number of aromatic nitrogens is 2. The Labute approximate surface area is 100 Å². The quantitative estimate of drug-likeness (QED) is 0.872. The van der Waals surface area contributed by atoms with E-state index in [2.05, 4.69) is 25.0 Å². The molecule has 0 aliphatic heterocycles. The maximum Gasteiger partial charge on any atom is 0.159 e. The van der Waals surface area contributed by atoms with Gasteiger partial charge < -0.3 is 5.73 Å². The van der Waals surface area contributed by atoms with Crippen molar-refractivity contribution < 1.29 is 0 Å². The molecule has 1 aromatic heterocycles. The van der Waals surface area contributed by atoms with Crippen LogP contribution in [0.15, 0.2) is 18.2 Å². The number of benzene rings is 1. The van der Waals surface area contributed by atoms with E-state index in [9.17, 15) is 0 Å². The first-order valence-corrected chi connectivity index (χ1v) is 5.67. The second-order valence-corrected chi connectivity index (χ2v) is 5.06. The van der Waals surface area contributed by atoms with Crippen LogP contribution in [-0.2, 0) is 12.5 Å². The zero-order chi connectivity index (χ0) is 11.9. The fraction of sp³-hybridized carbons (Fsp3) is 0.417. The third-order valence-corrected chi connectivity index (χ3v) is 3.34. The molecule has 0 atom stereocenters. The third kappa shape index (κ3) is 1.60. The summed E-state index contributed by atoms with van der Waals surface area (Å²) in [4.78, 5) is 0. The summed E-state index contributed by atoms with van der Waals surface area (Å²) in [5, 5.41) is 5.81. The molecule has 0 saturated carbocycles. The van der Waals surface area contributed by atoms with Crippen molar-refractivity contribution in [3.8, 4) is 0 Å². The van der Waals surface area contributed by atoms with Crippen LogP contribution in [0.2, 0.25) is 5.15 Å². The number of hydrogen-bond donors (Lipinski definition) is 1. The van der Waals surface area contributed by atoms with Crippen LogP contribution in [0.1, 0.15) is 19.4 Å². The van der Waals surface area contributed by atoms with Gasteiger partial charge in [-0.25, -0.2) is 0 Å². The molecule has 2 rings (SSSR count). The zero-order valence-electron chi connectivity index (χ0n) is 9.79. The highest BCUT2D eigenvalue weighted by molar-refractivity contribution is 6.34. The highest BCUT2D eigenvalue weighted by Crippen LogP contribution is 2.33. The fourth-order valence-corrected chi connectivity index (χ4v) is 2.25. The second kappa shape index (κ2) is 3.75. The van der Waals surface area contributed by atoms with Crippen molar-refractivity contribution in [3.63, 3.8) is 0 Å². The Hall–Kier alpha value is -1.06. The lowest BCUT2D eigenvalue weighted by Crippen LogP contribution is -2.28. The predicted molar refractivity (Wildman–Crippen MR) is 67.8 cm³/mol. The first-order valence-electron chi connectivity index (χ1n) is 5.29. The van der Waals surface area contributed by atoms with Crippen molar-refractivity contribution in [3.05, 3.63) is 28.9 Å². The monoisotopic (exact) mass is 237 g/mol. The maximum atomic E-state index is 6.17. The molecule has 0 saturated heterocycles. The summed E-state index contributed by atoms with van der Waals surface area (Å²) in [5.74, 6) is 0. The van der Waals surface area contributed by atoms with Gasteiger partial charge in [-0.3, -0.25) is 4.68 Å². The van der Waals surface area contributed by atoms with Gasteiger partial charge in [-0.2, -0.15) is 5.10 Å². The van der Waals surface area contributed by atoms with E-state index in [0.717, 1.165) is 16.5 Å². The molecule has 2 aromatic rings. The lowest BCUT2D eigenvalue weighted by molar-refractivity contribution is 0.544. The summed E-state index contributed by atoms with van der Waals surface area (Å²) in [6.45, 7) is 4.81. The number of halogens is 1. The molecule has 0 bridgehead atoms. The lowest BCUT2D eigenvalue weighted by atomic mass is 9.83. The molecule has 1 heterocycles. The number of nitrogens with two attached hydrogens (primary N) is 1. The van der Waals surface area contributed by atoms with Gasteiger partial charge in [0.05, 0.1) is 5.52 Å². The van der Waals surface area contributed by atoms with E-state index in [-0.39, 0.29) is 5.41 Å². The number of fused-ring (bicyclic) bond motifs is 1. The molecular weight excluding hydrogens is 222 g/mol. The molecule has 86 valence electrons. The molecule has 0 radical (unpaired) electrons. The first-order chi connectivity index (χ1) is 7.47. The molecule has 0 spiro atoms. The highest BCUT2D eigenvalue weighted by Gasteiger charge is 2.23. The van der Waals surface area contributed by atoms with E-state index >= 15 is 0 Å². The van der Waals surface area contributed by atoms with Gasteiger partial charge in [0.15, 0.2) is 5.15 Å². The van der Waals surface area contributed by atoms with Crippen LogP contribution in [0.4, 0.5) is 0 Å². The third-order valence-electron chi connectivity index (χ3n) is 3.07. The van der Waals surface area contributed by atoms with Crippen molar-refractivity contribution >= 4 is 22.5 Å². The van der Waals surface area contributed by atoms with Gasteiger partial charge in [-0.1, -0.05) is 37.6 Å². The van der Waals surface area contributed by atoms with Crippen LogP contribution in [0.5, 0.6) is 0 Å². The number of aryl methyl sites for hydroxylation is 1. The molecule has 0 unspecified atom stereocenters. The Balaban J connectivity index is 2.81. The molecule has 2 N–H and O–H groups in total. The van der Waals surface area contributed by atoms with Gasteiger partial charge in [0.1, 0.15) is 0 Å². The van der Waals surface area contributed by atoms with E-state index in [1.165, 1.54) is 0 Å². The Morgan fingerprint density at radius 1 is 1.44 bits per heavy atom. The van der Waals surface area contributed by atoms with Gasteiger partial charge in [0.2, 0.25) is 0 Å². The van der Waals surface area contributed by atoms with Gasteiger partial charge in [0.25, 0.3) is 0 Å². The van der Waals surface area contributed by atoms with Crippen molar-refractivity contribution in [1.29, 1.82) is 0 Å². The minimum Gasteiger partial charge on any atom is -0.330 e. The van der Waals surface area contributed by atoms with E-state index in [1.807, 2.05) is 19.2 Å². The number of nitrogens with zero attached hydrogens (tertiary/aromatic N) is 2. The molecular formula is C12H16ClN3. The molecule has 4 heteroatoms. The molecule has 16 heavy (non-hydrogen) atoms. The molecule has 0 aliphatic carbocycles. The average Bonchev–Trinajstić information content (AvgIpc) is 2.55. The summed E-state index contributed by atoms with van der Waals surface area (Å²) in [6.07, 6.45) is 0. The van der Waals surface area contributed by atoms with Crippen molar-refractivity contribution in [1.82, 2.24) is 9.78 Å². The van der Waals surface area contributed by atoms with Crippen LogP contribution < -0.4 is 5.73 Å². The average molecular weight is 238 g/mol. The van der Waals surface area contributed by atoms with Gasteiger partial charge >= 0.3 is 0 Å². The largest absolute Gasteiger partial charge is 0.330 e. The fourth-order valence-electron chi connectivity index (χ4n) is 1.94. The van der Waals surface area contributed by atoms with Crippen molar-refractivity contribution in [2.45, 2.75) is 19.3 Å². The van der Waals surface area contributed by atoms with Gasteiger partial charge in [-0.15, -0.1) is 0 Å². The van der Waals surface area contributed by atoms with Gasteiger partial charge in [-0.05, 0) is 11.6 Å². The van der Waals surface area contributed by atoms with Crippen LogP contribution >= 0.6 is 11.6 Å². The van der Waals surface area contributed by atoms with Crippen molar-refractivity contribution in [2.75, 3.05) is 6.54 Å². The lowest BCUT2D eigenvalue weighted by Gasteiger charge is -2.23. The highest BCUT2D eigenvalue weighted by atomic mass is 35.5. The molecule has 0 amide bonds. The normalized spacial score (nSPS) is 12.3. The van der Waals surface area contributed by atoms with Gasteiger partial charge in [0, 0.05) is 24.4 Å². The smallest absolute Gasteiger partial charge is 0.159 e. The van der Waals surface area contributed by atoms with E-state index in [4.69, 9.17) is 17.3 Å². The summed E-state index contributed by atoms with van der Waals surface area (Å²) in [7, 11) is 1.90. The Morgan fingerprint density at radius 2 is 2.12 bits per heavy atom. The standard InChI is InChI=1S/C12H16ClN3/c1-12(2,7-14)8-5-4-6-9-10(8)11(13)15-16(9)3/h4-6H,7,14H2,1-3H3. The Morgan fingerprint density at radius 3 is 2.75 bits per heavy atom. The predicted octanol–water partition coefficient (Wildman–Crippen LogP) is 2.46. The summed E-state index contributed by atoms with van der Waals surface area (Å²) >= 11 is 6.17. The minimum atomic E-state index is -0.0911. The van der Waals surface area contributed by atoms with Crippen molar-refractivity contribution in [2.24, 2.45) is 12.8 Å². The van der Waals surface area contributed by atoms with Crippen LogP contribution in [0.25, 0.3) is 10.9 Å². The van der Waals surface area contributed by atoms with E-state index < -0.39 is 0 Å². The Kier molecular flexibility index (Phi) is 2.68. The minimum absolute atomic E-state index is 0.0911. The summed E-state index contributed by atoms with van der Waals surface area (Å²) < 4.78 is 1.80. The SMILES string of the molecule is Cn1nc(Cl)c2c(C(C)(C)CN)cccc21. The molecule has 1 aromatic carbocycles. The number of rotatable bonds is 2.